The summed E-state index contributed by atoms with van der Waals surface area (Å²) in [6, 6.07) is 6.60. The standard InChI is InChI=1S/C16H23N3O2/c1-10(2)9-14(17)16(21)19-13-7-5-12(6-8-13)18-15(20)11-3-4-11/h5-8,10-11,14H,3-4,9,17H2,1-2H3,(H,18,20)(H,19,21). The van der Waals surface area contributed by atoms with Gasteiger partial charge in [0, 0.05) is 17.3 Å². The Bertz CT molecular complexity index is 507. The monoisotopic (exact) mass is 289 g/mol. The number of nitrogens with two attached hydrogens (primary N) is 1. The molecule has 21 heavy (non-hydrogen) atoms. The molecule has 114 valence electrons. The van der Waals surface area contributed by atoms with Gasteiger partial charge in [0.1, 0.15) is 0 Å². The zero-order chi connectivity index (χ0) is 15.4. The maximum Gasteiger partial charge on any atom is 0.241 e. The van der Waals surface area contributed by atoms with Gasteiger partial charge in [-0.2, -0.15) is 0 Å². The van der Waals surface area contributed by atoms with Gasteiger partial charge in [0.2, 0.25) is 11.8 Å². The third kappa shape index (κ3) is 4.86. The summed E-state index contributed by atoms with van der Waals surface area (Å²) in [5.41, 5.74) is 7.26. The van der Waals surface area contributed by atoms with Crippen LogP contribution in [0.15, 0.2) is 24.3 Å². The maximum atomic E-state index is 11.9. The van der Waals surface area contributed by atoms with Crippen LogP contribution in [0, 0.1) is 11.8 Å². The first kappa shape index (κ1) is 15.5. The lowest BCUT2D eigenvalue weighted by Crippen LogP contribution is -2.36. The lowest BCUT2D eigenvalue weighted by molar-refractivity contribution is -0.118. The second-order valence-electron chi connectivity index (χ2n) is 6.07. The second-order valence-corrected chi connectivity index (χ2v) is 6.07. The highest BCUT2D eigenvalue weighted by molar-refractivity contribution is 5.96. The molecule has 0 heterocycles. The zero-order valence-electron chi connectivity index (χ0n) is 12.6. The molecule has 1 aromatic carbocycles. The number of carbonyl (C=O) groups is 2. The highest BCUT2D eigenvalue weighted by Gasteiger charge is 2.29. The van der Waals surface area contributed by atoms with Crippen molar-refractivity contribution in [3.05, 3.63) is 24.3 Å². The summed E-state index contributed by atoms with van der Waals surface area (Å²) in [6.45, 7) is 4.06. The lowest BCUT2D eigenvalue weighted by atomic mass is 10.0. The smallest absolute Gasteiger partial charge is 0.241 e. The Balaban J connectivity index is 1.86. The largest absolute Gasteiger partial charge is 0.326 e. The Morgan fingerprint density at radius 1 is 1.14 bits per heavy atom. The molecule has 2 amide bonds. The first-order valence-corrected chi connectivity index (χ1v) is 7.43. The molecule has 0 aliphatic heterocycles. The molecular weight excluding hydrogens is 266 g/mol. The van der Waals surface area contributed by atoms with E-state index in [9.17, 15) is 9.59 Å². The number of rotatable bonds is 6. The van der Waals surface area contributed by atoms with Crippen molar-refractivity contribution in [2.45, 2.75) is 39.2 Å². The highest BCUT2D eigenvalue weighted by Crippen LogP contribution is 2.30. The summed E-state index contributed by atoms with van der Waals surface area (Å²) in [7, 11) is 0. The Morgan fingerprint density at radius 2 is 1.67 bits per heavy atom. The van der Waals surface area contributed by atoms with Gasteiger partial charge in [0.15, 0.2) is 0 Å². The third-order valence-electron chi connectivity index (χ3n) is 3.43. The molecule has 0 bridgehead atoms. The molecule has 1 atom stereocenters. The molecule has 1 aromatic rings. The first-order chi connectivity index (χ1) is 9.95. The molecule has 1 aliphatic carbocycles. The molecule has 1 unspecified atom stereocenters. The van der Waals surface area contributed by atoms with Crippen LogP contribution < -0.4 is 16.4 Å². The van der Waals surface area contributed by atoms with E-state index in [-0.39, 0.29) is 17.7 Å². The molecular formula is C16H23N3O2. The predicted molar refractivity (Wildman–Crippen MR) is 83.9 cm³/mol. The molecule has 1 fully saturated rings. The average molecular weight is 289 g/mol. The van der Waals surface area contributed by atoms with Crippen LogP contribution in [0.4, 0.5) is 11.4 Å². The van der Waals surface area contributed by atoms with E-state index in [1.807, 2.05) is 13.8 Å². The van der Waals surface area contributed by atoms with E-state index >= 15 is 0 Å². The van der Waals surface area contributed by atoms with Crippen molar-refractivity contribution in [3.8, 4) is 0 Å². The van der Waals surface area contributed by atoms with Crippen molar-refractivity contribution in [1.82, 2.24) is 0 Å². The van der Waals surface area contributed by atoms with Crippen LogP contribution >= 0.6 is 0 Å². The minimum absolute atomic E-state index is 0.0748. The molecule has 0 saturated heterocycles. The van der Waals surface area contributed by atoms with E-state index in [1.54, 1.807) is 24.3 Å². The SMILES string of the molecule is CC(C)CC(N)C(=O)Nc1ccc(NC(=O)C2CC2)cc1. The van der Waals surface area contributed by atoms with Gasteiger partial charge in [-0.05, 0) is 49.4 Å². The highest BCUT2D eigenvalue weighted by atomic mass is 16.2. The Kier molecular flexibility index (Phi) is 4.96. The minimum atomic E-state index is -0.501. The van der Waals surface area contributed by atoms with E-state index in [4.69, 9.17) is 5.73 Å². The minimum Gasteiger partial charge on any atom is -0.326 e. The van der Waals surface area contributed by atoms with Crippen molar-refractivity contribution < 1.29 is 9.59 Å². The number of benzene rings is 1. The fourth-order valence-corrected chi connectivity index (χ4v) is 2.08. The van der Waals surface area contributed by atoms with Crippen LogP contribution in [0.2, 0.25) is 0 Å². The fraction of sp³-hybridized carbons (Fsp3) is 0.500. The molecule has 0 spiro atoms. The van der Waals surface area contributed by atoms with Gasteiger partial charge < -0.3 is 16.4 Å². The third-order valence-corrected chi connectivity index (χ3v) is 3.43. The summed E-state index contributed by atoms with van der Waals surface area (Å²) in [5, 5.41) is 5.64. The van der Waals surface area contributed by atoms with Crippen molar-refractivity contribution in [1.29, 1.82) is 0 Å². The van der Waals surface area contributed by atoms with Crippen LogP contribution in [-0.4, -0.2) is 17.9 Å². The molecule has 2 rings (SSSR count). The second kappa shape index (κ2) is 6.72. The zero-order valence-corrected chi connectivity index (χ0v) is 12.6. The Morgan fingerprint density at radius 3 is 2.14 bits per heavy atom. The van der Waals surface area contributed by atoms with Gasteiger partial charge in [-0.15, -0.1) is 0 Å². The van der Waals surface area contributed by atoms with Gasteiger partial charge in [-0.1, -0.05) is 13.8 Å². The van der Waals surface area contributed by atoms with Crippen LogP contribution in [0.25, 0.3) is 0 Å². The van der Waals surface area contributed by atoms with Crippen LogP contribution in [-0.2, 0) is 9.59 Å². The number of hydrogen-bond donors (Lipinski definition) is 3. The van der Waals surface area contributed by atoms with E-state index in [2.05, 4.69) is 10.6 Å². The quantitative estimate of drug-likeness (QED) is 0.751. The summed E-state index contributed by atoms with van der Waals surface area (Å²) in [4.78, 5) is 23.5. The van der Waals surface area contributed by atoms with Crippen molar-refractivity contribution >= 4 is 23.2 Å². The Labute approximate surface area is 125 Å². The molecule has 4 N–H and O–H groups in total. The fourth-order valence-electron chi connectivity index (χ4n) is 2.08. The van der Waals surface area contributed by atoms with Crippen molar-refractivity contribution in [2.24, 2.45) is 17.6 Å². The summed E-state index contributed by atoms with van der Waals surface area (Å²) in [6.07, 6.45) is 2.61. The summed E-state index contributed by atoms with van der Waals surface area (Å²) >= 11 is 0. The summed E-state index contributed by atoms with van der Waals surface area (Å²) < 4.78 is 0. The molecule has 0 radical (unpaired) electrons. The van der Waals surface area contributed by atoms with Gasteiger partial charge in [-0.25, -0.2) is 0 Å². The molecule has 1 saturated carbocycles. The van der Waals surface area contributed by atoms with Gasteiger partial charge in [0.25, 0.3) is 0 Å². The van der Waals surface area contributed by atoms with Crippen molar-refractivity contribution in [2.75, 3.05) is 10.6 Å². The van der Waals surface area contributed by atoms with Crippen LogP contribution in [0.5, 0.6) is 0 Å². The van der Waals surface area contributed by atoms with E-state index in [0.717, 1.165) is 18.5 Å². The number of carbonyl (C=O) groups excluding carboxylic acids is 2. The first-order valence-electron chi connectivity index (χ1n) is 7.43. The summed E-state index contributed by atoms with van der Waals surface area (Å²) in [5.74, 6) is 0.452. The van der Waals surface area contributed by atoms with Gasteiger partial charge >= 0.3 is 0 Å². The predicted octanol–water partition coefficient (Wildman–Crippen LogP) is 2.35. The van der Waals surface area contributed by atoms with Crippen molar-refractivity contribution in [3.63, 3.8) is 0 Å². The Hall–Kier alpha value is -1.88. The van der Waals surface area contributed by atoms with E-state index in [0.29, 0.717) is 18.0 Å². The molecule has 5 heteroatoms. The maximum absolute atomic E-state index is 11.9. The number of hydrogen-bond acceptors (Lipinski definition) is 3. The molecule has 5 nitrogen and oxygen atoms in total. The number of anilines is 2. The lowest BCUT2D eigenvalue weighted by Gasteiger charge is -2.14. The molecule has 0 aromatic heterocycles. The number of amides is 2. The van der Waals surface area contributed by atoms with Gasteiger partial charge in [-0.3, -0.25) is 9.59 Å². The van der Waals surface area contributed by atoms with Gasteiger partial charge in [0.05, 0.1) is 6.04 Å². The number of nitrogens with one attached hydrogen (secondary N) is 2. The topological polar surface area (TPSA) is 84.2 Å². The van der Waals surface area contributed by atoms with Crippen LogP contribution in [0.1, 0.15) is 33.1 Å². The van der Waals surface area contributed by atoms with E-state index < -0.39 is 6.04 Å². The average Bonchev–Trinajstić information content (AvgIpc) is 3.24. The normalized spacial score (nSPS) is 15.6. The van der Waals surface area contributed by atoms with Crippen LogP contribution in [0.3, 0.4) is 0 Å². The van der Waals surface area contributed by atoms with E-state index in [1.165, 1.54) is 0 Å². The molecule has 1 aliphatic rings.